The van der Waals surface area contributed by atoms with E-state index < -0.39 is 20.8 Å². The van der Waals surface area contributed by atoms with Gasteiger partial charge < -0.3 is 0 Å². The van der Waals surface area contributed by atoms with Gasteiger partial charge in [0.1, 0.15) is 0 Å². The fourth-order valence-corrected chi connectivity index (χ4v) is 5.02. The van der Waals surface area contributed by atoms with Crippen LogP contribution in [0.1, 0.15) is 155 Å². The van der Waals surface area contributed by atoms with Crippen molar-refractivity contribution in [3.05, 3.63) is 0 Å². The van der Waals surface area contributed by atoms with Crippen molar-refractivity contribution in [3.8, 4) is 0 Å². The number of rotatable bonds is 14. The fraction of sp³-hybridized carbons (Fsp3) is 1.00. The van der Waals surface area contributed by atoms with Crippen LogP contribution in [0.3, 0.4) is 0 Å². The predicted octanol–water partition coefficient (Wildman–Crippen LogP) is 11.2. The van der Waals surface area contributed by atoms with E-state index in [1.165, 1.54) is 141 Å². The zero-order valence-electron chi connectivity index (χ0n) is 20.0. The molecule has 0 heterocycles. The Morgan fingerprint density at radius 1 is 0.517 bits per heavy atom. The Hall–Kier alpha value is 1.46. The average Bonchev–Trinajstić information content (AvgIpc) is 3.43. The molecule has 174 valence electrons. The molecular formula is C26H52Cl2Zr. The third-order valence-electron chi connectivity index (χ3n) is 6.88. The van der Waals surface area contributed by atoms with Crippen molar-refractivity contribution in [2.45, 2.75) is 155 Å². The van der Waals surface area contributed by atoms with Crippen molar-refractivity contribution in [3.63, 3.8) is 0 Å². The summed E-state index contributed by atoms with van der Waals surface area (Å²) in [7, 11) is 9.87. The zero-order valence-corrected chi connectivity index (χ0v) is 23.9. The molecular weight excluding hydrogens is 474 g/mol. The molecule has 2 rings (SSSR count). The summed E-state index contributed by atoms with van der Waals surface area (Å²) in [5.41, 5.74) is 0. The quantitative estimate of drug-likeness (QED) is 0.197. The second-order valence-electron chi connectivity index (χ2n) is 9.49. The molecule has 0 N–H and O–H groups in total. The minimum absolute atomic E-state index is 0.826. The molecule has 0 amide bonds. The molecule has 0 unspecified atom stereocenters. The Balaban J connectivity index is 0.000000477. The van der Waals surface area contributed by atoms with Crippen LogP contribution in [0.5, 0.6) is 0 Å². The number of hydrogen-bond acceptors (Lipinski definition) is 0. The second-order valence-corrected chi connectivity index (χ2v) is 13.2. The van der Waals surface area contributed by atoms with Crippen LogP contribution in [0.25, 0.3) is 0 Å². The Labute approximate surface area is 203 Å². The summed E-state index contributed by atoms with van der Waals surface area (Å²) in [5.74, 6) is 2.23. The first-order valence-electron chi connectivity index (χ1n) is 13.2. The molecule has 0 spiro atoms. The second kappa shape index (κ2) is 25.7. The summed E-state index contributed by atoms with van der Waals surface area (Å²) in [6.07, 6.45) is 32.9. The first kappa shape index (κ1) is 30.5. The monoisotopic (exact) mass is 524 g/mol. The van der Waals surface area contributed by atoms with E-state index in [9.17, 15) is 0 Å². The van der Waals surface area contributed by atoms with Crippen molar-refractivity contribution in [2.75, 3.05) is 0 Å². The van der Waals surface area contributed by atoms with E-state index in [0.717, 1.165) is 11.8 Å². The van der Waals surface area contributed by atoms with Gasteiger partial charge in [-0.05, 0) is 11.8 Å². The van der Waals surface area contributed by atoms with Gasteiger partial charge >= 0.3 is 37.9 Å². The summed E-state index contributed by atoms with van der Waals surface area (Å²) >= 11 is -0.826. The van der Waals surface area contributed by atoms with Crippen molar-refractivity contribution in [1.82, 2.24) is 0 Å². The van der Waals surface area contributed by atoms with Gasteiger partial charge in [-0.15, -0.1) is 0 Å². The summed E-state index contributed by atoms with van der Waals surface area (Å²) in [4.78, 5) is 0. The van der Waals surface area contributed by atoms with Crippen LogP contribution in [0.2, 0.25) is 0 Å². The Bertz CT molecular complexity index is 258. The Morgan fingerprint density at radius 2 is 0.793 bits per heavy atom. The number of unbranched alkanes of at least 4 members (excludes halogenated alkanes) is 10. The first-order valence-corrected chi connectivity index (χ1v) is 19.6. The van der Waals surface area contributed by atoms with E-state index in [2.05, 4.69) is 13.8 Å². The van der Waals surface area contributed by atoms with E-state index >= 15 is 0 Å². The molecule has 3 heteroatoms. The third-order valence-corrected chi connectivity index (χ3v) is 6.88. The molecule has 2 fully saturated rings. The molecule has 2 aliphatic carbocycles. The molecule has 2 aliphatic rings. The van der Waals surface area contributed by atoms with Crippen molar-refractivity contribution < 1.29 is 20.8 Å². The Kier molecular flexibility index (Phi) is 27.0. The molecule has 0 aliphatic heterocycles. The summed E-state index contributed by atoms with van der Waals surface area (Å²) in [5, 5.41) is 0. The van der Waals surface area contributed by atoms with Crippen molar-refractivity contribution >= 4 is 17.0 Å². The number of hydrogen-bond donors (Lipinski definition) is 0. The van der Waals surface area contributed by atoms with E-state index in [4.69, 9.17) is 17.0 Å². The zero-order chi connectivity index (χ0) is 21.4. The van der Waals surface area contributed by atoms with Gasteiger partial charge in [0.15, 0.2) is 0 Å². The predicted molar refractivity (Wildman–Crippen MR) is 132 cm³/mol. The summed E-state index contributed by atoms with van der Waals surface area (Å²) < 4.78 is 0. The molecule has 0 radical (unpaired) electrons. The topological polar surface area (TPSA) is 0 Å². The molecule has 2 saturated carbocycles. The fourth-order valence-electron chi connectivity index (χ4n) is 5.02. The molecule has 0 aromatic carbocycles. The molecule has 0 aromatic rings. The van der Waals surface area contributed by atoms with Crippen LogP contribution in [0.15, 0.2) is 0 Å². The molecule has 0 aromatic heterocycles. The Morgan fingerprint density at radius 3 is 1.10 bits per heavy atom. The van der Waals surface area contributed by atoms with Crippen LogP contribution in [0.4, 0.5) is 0 Å². The maximum atomic E-state index is 4.93. The van der Waals surface area contributed by atoms with Crippen molar-refractivity contribution in [1.29, 1.82) is 0 Å². The van der Waals surface area contributed by atoms with Gasteiger partial charge in [0.2, 0.25) is 0 Å². The van der Waals surface area contributed by atoms with Gasteiger partial charge in [-0.3, -0.25) is 0 Å². The van der Waals surface area contributed by atoms with Gasteiger partial charge in [0.05, 0.1) is 0 Å². The normalized spacial score (nSPS) is 16.8. The molecule has 0 nitrogen and oxygen atoms in total. The van der Waals surface area contributed by atoms with Crippen LogP contribution in [0, 0.1) is 11.8 Å². The van der Waals surface area contributed by atoms with Crippen LogP contribution in [-0.2, 0) is 20.8 Å². The number of halogens is 2. The van der Waals surface area contributed by atoms with Crippen LogP contribution >= 0.6 is 17.0 Å². The van der Waals surface area contributed by atoms with Crippen LogP contribution in [-0.4, -0.2) is 0 Å². The first-order chi connectivity index (χ1) is 14.3. The van der Waals surface area contributed by atoms with Gasteiger partial charge in [0.25, 0.3) is 0 Å². The van der Waals surface area contributed by atoms with Gasteiger partial charge in [0, 0.05) is 0 Å². The summed E-state index contributed by atoms with van der Waals surface area (Å²) in [6.45, 7) is 4.58. The van der Waals surface area contributed by atoms with E-state index in [1.54, 1.807) is 0 Å². The minimum atomic E-state index is -0.826. The van der Waals surface area contributed by atoms with Gasteiger partial charge in [-0.2, -0.15) is 0 Å². The average molecular weight is 527 g/mol. The maximum absolute atomic E-state index is 4.93. The van der Waals surface area contributed by atoms with Gasteiger partial charge in [-0.25, -0.2) is 0 Å². The van der Waals surface area contributed by atoms with Gasteiger partial charge in [-0.1, -0.05) is 155 Å². The summed E-state index contributed by atoms with van der Waals surface area (Å²) in [6, 6.07) is 0. The molecule has 29 heavy (non-hydrogen) atoms. The molecule has 0 saturated heterocycles. The molecule has 0 bridgehead atoms. The molecule has 0 atom stereocenters. The third kappa shape index (κ3) is 22.4. The van der Waals surface area contributed by atoms with Crippen LogP contribution < -0.4 is 0 Å². The SMILES string of the molecule is CCCCCCCCC1CCCC1.CCCCCCCCC1CCCC1.[Cl][Zr][Cl]. The van der Waals surface area contributed by atoms with E-state index in [1.807, 2.05) is 0 Å². The van der Waals surface area contributed by atoms with Crippen molar-refractivity contribution in [2.24, 2.45) is 11.8 Å². The van der Waals surface area contributed by atoms with E-state index in [0.29, 0.717) is 0 Å². The standard InChI is InChI=1S/2C13H26.2ClH.Zr/c2*1-2-3-4-5-6-7-10-13-11-8-9-12-13;;;/h2*13H,2-12H2,1H3;2*1H;/q;;;;+2/p-2. The van der Waals surface area contributed by atoms with E-state index in [-0.39, 0.29) is 0 Å².